The van der Waals surface area contributed by atoms with Gasteiger partial charge >= 0.3 is 5.97 Å². The lowest BCUT2D eigenvalue weighted by Gasteiger charge is -2.17. The molecule has 1 rings (SSSR count). The van der Waals surface area contributed by atoms with Crippen LogP contribution in [0.2, 0.25) is 0 Å². The van der Waals surface area contributed by atoms with Gasteiger partial charge in [-0.3, -0.25) is 0 Å². The fourth-order valence-electron chi connectivity index (χ4n) is 1.59. The fraction of sp³-hybridized carbons (Fsp3) is 0.583. The summed E-state index contributed by atoms with van der Waals surface area (Å²) >= 11 is 0. The molecule has 0 saturated carbocycles. The summed E-state index contributed by atoms with van der Waals surface area (Å²) in [6.45, 7) is 3.65. The lowest BCUT2D eigenvalue weighted by molar-refractivity contribution is 0.0600. The molecule has 0 aromatic carbocycles. The Balaban J connectivity index is 2.42. The van der Waals surface area contributed by atoms with Gasteiger partial charge in [0.15, 0.2) is 0 Å². The molecule has 1 aromatic rings. The van der Waals surface area contributed by atoms with Crippen LogP contribution in [0.4, 0.5) is 0 Å². The SMILES string of the molecule is COC(=O)c1coc(CNC(C)CN(C)C)c1. The van der Waals surface area contributed by atoms with Crippen molar-refractivity contribution in [3.05, 3.63) is 23.7 Å². The Morgan fingerprint density at radius 2 is 2.29 bits per heavy atom. The molecule has 0 saturated heterocycles. The van der Waals surface area contributed by atoms with E-state index in [1.165, 1.54) is 13.4 Å². The number of rotatable bonds is 6. The van der Waals surface area contributed by atoms with E-state index in [2.05, 4.69) is 21.9 Å². The topological polar surface area (TPSA) is 54.7 Å². The van der Waals surface area contributed by atoms with Crippen LogP contribution < -0.4 is 5.32 Å². The molecule has 0 aliphatic heterocycles. The van der Waals surface area contributed by atoms with Gasteiger partial charge in [0.1, 0.15) is 12.0 Å². The van der Waals surface area contributed by atoms with Gasteiger partial charge in [-0.2, -0.15) is 0 Å². The zero-order valence-corrected chi connectivity index (χ0v) is 10.8. The Hall–Kier alpha value is -1.33. The molecule has 5 nitrogen and oxygen atoms in total. The van der Waals surface area contributed by atoms with Crippen molar-refractivity contribution in [1.82, 2.24) is 10.2 Å². The zero-order valence-electron chi connectivity index (χ0n) is 10.8. The molecule has 17 heavy (non-hydrogen) atoms. The van der Waals surface area contributed by atoms with E-state index in [9.17, 15) is 4.79 Å². The lowest BCUT2D eigenvalue weighted by atomic mass is 10.3. The summed E-state index contributed by atoms with van der Waals surface area (Å²) in [6.07, 6.45) is 1.42. The number of methoxy groups -OCH3 is 1. The molecule has 0 aliphatic carbocycles. The highest BCUT2D eigenvalue weighted by Crippen LogP contribution is 2.08. The summed E-state index contributed by atoms with van der Waals surface area (Å²) in [4.78, 5) is 13.3. The van der Waals surface area contributed by atoms with Crippen molar-refractivity contribution in [2.24, 2.45) is 0 Å². The quantitative estimate of drug-likeness (QED) is 0.755. The number of furan rings is 1. The number of carbonyl (C=O) groups is 1. The van der Waals surface area contributed by atoms with Crippen molar-refractivity contribution < 1.29 is 13.9 Å². The van der Waals surface area contributed by atoms with Crippen molar-refractivity contribution in [2.45, 2.75) is 19.5 Å². The second-order valence-corrected chi connectivity index (χ2v) is 4.34. The van der Waals surface area contributed by atoms with Crippen LogP contribution >= 0.6 is 0 Å². The van der Waals surface area contributed by atoms with Gasteiger partial charge in [-0.15, -0.1) is 0 Å². The van der Waals surface area contributed by atoms with E-state index >= 15 is 0 Å². The van der Waals surface area contributed by atoms with E-state index in [-0.39, 0.29) is 5.97 Å². The van der Waals surface area contributed by atoms with Crippen LogP contribution in [-0.2, 0) is 11.3 Å². The predicted molar refractivity (Wildman–Crippen MR) is 64.9 cm³/mol. The summed E-state index contributed by atoms with van der Waals surface area (Å²) in [6, 6.07) is 2.05. The number of hydrogen-bond acceptors (Lipinski definition) is 5. The monoisotopic (exact) mass is 240 g/mol. The minimum atomic E-state index is -0.374. The van der Waals surface area contributed by atoms with Crippen LogP contribution in [0.1, 0.15) is 23.0 Å². The minimum Gasteiger partial charge on any atom is -0.467 e. The molecule has 0 aliphatic rings. The summed E-state index contributed by atoms with van der Waals surface area (Å²) in [5.74, 6) is 0.359. The molecule has 96 valence electrons. The second kappa shape index (κ2) is 6.42. The van der Waals surface area contributed by atoms with Gasteiger partial charge in [0.25, 0.3) is 0 Å². The second-order valence-electron chi connectivity index (χ2n) is 4.34. The predicted octanol–water partition coefficient (Wildman–Crippen LogP) is 1.11. The smallest absolute Gasteiger partial charge is 0.341 e. The van der Waals surface area contributed by atoms with Gasteiger partial charge in [0.2, 0.25) is 0 Å². The normalized spacial score (nSPS) is 12.8. The van der Waals surface area contributed by atoms with Crippen LogP contribution in [0.3, 0.4) is 0 Å². The van der Waals surface area contributed by atoms with Gasteiger partial charge < -0.3 is 19.4 Å². The maximum absolute atomic E-state index is 11.2. The van der Waals surface area contributed by atoms with Crippen LogP contribution in [0.5, 0.6) is 0 Å². The summed E-state index contributed by atoms with van der Waals surface area (Å²) < 4.78 is 9.87. The van der Waals surface area contributed by atoms with E-state index < -0.39 is 0 Å². The van der Waals surface area contributed by atoms with Crippen LogP contribution in [0.15, 0.2) is 16.7 Å². The maximum atomic E-state index is 11.2. The van der Waals surface area contributed by atoms with E-state index in [0.717, 1.165) is 12.3 Å². The summed E-state index contributed by atoms with van der Waals surface area (Å²) in [5.41, 5.74) is 0.449. The third-order valence-electron chi connectivity index (χ3n) is 2.34. The molecule has 0 spiro atoms. The highest BCUT2D eigenvalue weighted by Gasteiger charge is 2.10. The molecule has 0 fully saturated rings. The molecule has 0 radical (unpaired) electrons. The first-order valence-electron chi connectivity index (χ1n) is 5.56. The van der Waals surface area contributed by atoms with E-state index in [1.54, 1.807) is 6.07 Å². The molecule has 1 heterocycles. The molecular formula is C12H20N2O3. The lowest BCUT2D eigenvalue weighted by Crippen LogP contribution is -2.35. The molecular weight excluding hydrogens is 220 g/mol. The number of nitrogens with one attached hydrogen (secondary N) is 1. The summed E-state index contributed by atoms with van der Waals surface area (Å²) in [7, 11) is 5.41. The molecule has 1 unspecified atom stereocenters. The molecule has 1 aromatic heterocycles. The molecule has 0 bridgehead atoms. The van der Waals surface area contributed by atoms with Gasteiger partial charge in [-0.25, -0.2) is 4.79 Å². The van der Waals surface area contributed by atoms with Crippen LogP contribution in [0, 0.1) is 0 Å². The Kier molecular flexibility index (Phi) is 5.18. The maximum Gasteiger partial charge on any atom is 0.341 e. The van der Waals surface area contributed by atoms with E-state index in [4.69, 9.17) is 4.42 Å². The number of esters is 1. The van der Waals surface area contributed by atoms with Crippen LogP contribution in [0.25, 0.3) is 0 Å². The summed E-state index contributed by atoms with van der Waals surface area (Å²) in [5, 5.41) is 3.31. The first kappa shape index (κ1) is 13.7. The van der Waals surface area contributed by atoms with Gasteiger partial charge in [-0.1, -0.05) is 0 Å². The third kappa shape index (κ3) is 4.58. The molecule has 0 amide bonds. The van der Waals surface area contributed by atoms with Crippen molar-refractivity contribution in [2.75, 3.05) is 27.7 Å². The van der Waals surface area contributed by atoms with E-state index in [1.807, 2.05) is 14.1 Å². The minimum absolute atomic E-state index is 0.358. The highest BCUT2D eigenvalue weighted by atomic mass is 16.5. The highest BCUT2D eigenvalue weighted by molar-refractivity contribution is 5.88. The first-order chi connectivity index (χ1) is 8.02. The number of hydrogen-bond donors (Lipinski definition) is 1. The van der Waals surface area contributed by atoms with Crippen molar-refractivity contribution in [3.8, 4) is 0 Å². The zero-order chi connectivity index (χ0) is 12.8. The standard InChI is InChI=1S/C12H20N2O3/c1-9(7-14(2)3)13-6-11-5-10(8-17-11)12(15)16-4/h5,8-9,13H,6-7H2,1-4H3. The number of carbonyl (C=O) groups excluding carboxylic acids is 1. The number of likely N-dealkylation sites (N-methyl/N-ethyl adjacent to an activating group) is 1. The number of ether oxygens (including phenoxy) is 1. The average Bonchev–Trinajstić information content (AvgIpc) is 2.73. The van der Waals surface area contributed by atoms with E-state index in [0.29, 0.717) is 18.2 Å². The molecule has 1 N–H and O–H groups in total. The Morgan fingerprint density at radius 3 is 2.88 bits per heavy atom. The van der Waals surface area contributed by atoms with Gasteiger partial charge in [0, 0.05) is 12.6 Å². The van der Waals surface area contributed by atoms with Crippen molar-refractivity contribution in [3.63, 3.8) is 0 Å². The third-order valence-corrected chi connectivity index (χ3v) is 2.34. The van der Waals surface area contributed by atoms with Crippen LogP contribution in [-0.4, -0.2) is 44.7 Å². The van der Waals surface area contributed by atoms with Gasteiger partial charge in [0.05, 0.1) is 19.2 Å². The average molecular weight is 240 g/mol. The largest absolute Gasteiger partial charge is 0.467 e. The van der Waals surface area contributed by atoms with Gasteiger partial charge in [-0.05, 0) is 27.1 Å². The Morgan fingerprint density at radius 1 is 1.59 bits per heavy atom. The first-order valence-corrected chi connectivity index (χ1v) is 5.56. The Bertz CT molecular complexity index is 360. The molecule has 1 atom stereocenters. The van der Waals surface area contributed by atoms with Crippen molar-refractivity contribution in [1.29, 1.82) is 0 Å². The molecule has 5 heteroatoms. The Labute approximate surface area is 102 Å². The van der Waals surface area contributed by atoms with Crippen molar-refractivity contribution >= 4 is 5.97 Å². The number of nitrogens with zero attached hydrogens (tertiary/aromatic N) is 1. The fourth-order valence-corrected chi connectivity index (χ4v) is 1.59.